The molecule has 1 unspecified atom stereocenters. The largest absolute Gasteiger partial charge is 0.466 e. The molecule has 0 bridgehead atoms. The first kappa shape index (κ1) is 16.1. The third-order valence-electron chi connectivity index (χ3n) is 3.77. The Hall–Kier alpha value is -1.73. The Bertz CT molecular complexity index is 664. The summed E-state index contributed by atoms with van der Waals surface area (Å²) >= 11 is 0. The molecule has 2 N–H and O–H groups in total. The lowest BCUT2D eigenvalue weighted by Crippen LogP contribution is -2.40. The summed E-state index contributed by atoms with van der Waals surface area (Å²) in [6.07, 6.45) is 0.535. The number of rotatable bonds is 4. The van der Waals surface area contributed by atoms with Crippen molar-refractivity contribution in [1.82, 2.24) is 4.90 Å². The summed E-state index contributed by atoms with van der Waals surface area (Å²) in [6, 6.07) is 16.9. The summed E-state index contributed by atoms with van der Waals surface area (Å²) in [5.74, 6) is 0.673. The number of hydrogen-bond donors (Lipinski definition) is 2. The molecule has 5 nitrogen and oxygen atoms in total. The number of benzene rings is 2. The molecule has 1 heterocycles. The maximum Gasteiger partial charge on any atom is 0.207 e. The molecule has 2 aromatic rings. The van der Waals surface area contributed by atoms with Gasteiger partial charge in [0.1, 0.15) is 11.4 Å². The second-order valence-electron chi connectivity index (χ2n) is 5.80. The number of fused-ring (bicyclic) bond motifs is 1. The van der Waals surface area contributed by atoms with E-state index in [9.17, 15) is 9.11 Å². The van der Waals surface area contributed by atoms with Crippen molar-refractivity contribution in [3.63, 3.8) is 0 Å². The molecule has 0 amide bonds. The van der Waals surface area contributed by atoms with Gasteiger partial charge in [-0.2, -0.15) is 0 Å². The summed E-state index contributed by atoms with van der Waals surface area (Å²) in [5.41, 5.74) is 0.762. The van der Waals surface area contributed by atoms with E-state index in [1.165, 1.54) is 0 Å². The molecular weight excluding hydrogens is 312 g/mol. The molecule has 0 radical (unpaired) electrons. The number of nitrogens with zero attached hydrogens (tertiary/aromatic N) is 2. The maximum atomic E-state index is 10.9. The standard InChI is InChI=1S/C17H22N2O3S/c1-18(2)13-12-17-22-16-11-7-6-10-15(16)19(23(17,20)21)14-8-4-3-5-9-14/h3-11,17,20-21H,12-13H2,1-2H3. The number of anilines is 2. The van der Waals surface area contributed by atoms with Crippen LogP contribution in [0.4, 0.5) is 11.4 Å². The lowest BCUT2D eigenvalue weighted by molar-refractivity contribution is 0.221. The van der Waals surface area contributed by atoms with Gasteiger partial charge in [0, 0.05) is 13.0 Å². The van der Waals surface area contributed by atoms with Gasteiger partial charge in [-0.1, -0.05) is 41.1 Å². The summed E-state index contributed by atoms with van der Waals surface area (Å²) in [5, 5.41) is 0. The van der Waals surface area contributed by atoms with Crippen molar-refractivity contribution in [1.29, 1.82) is 0 Å². The van der Waals surface area contributed by atoms with Crippen LogP contribution in [0.2, 0.25) is 0 Å². The van der Waals surface area contributed by atoms with Crippen molar-refractivity contribution in [3.8, 4) is 5.75 Å². The normalized spacial score (nSPS) is 20.7. The van der Waals surface area contributed by atoms with E-state index < -0.39 is 16.2 Å². The zero-order chi connectivity index (χ0) is 16.4. The van der Waals surface area contributed by atoms with Crippen molar-refractivity contribution in [3.05, 3.63) is 54.6 Å². The van der Waals surface area contributed by atoms with Crippen molar-refractivity contribution < 1.29 is 13.8 Å². The average Bonchev–Trinajstić information content (AvgIpc) is 2.53. The van der Waals surface area contributed by atoms with Crippen molar-refractivity contribution in [2.75, 3.05) is 24.9 Å². The Morgan fingerprint density at radius 2 is 1.70 bits per heavy atom. The minimum absolute atomic E-state index is 0.535. The van der Waals surface area contributed by atoms with Gasteiger partial charge < -0.3 is 9.64 Å². The predicted octanol–water partition coefficient (Wildman–Crippen LogP) is 4.16. The van der Waals surface area contributed by atoms with E-state index in [1.807, 2.05) is 73.6 Å². The second kappa shape index (κ2) is 6.41. The average molecular weight is 334 g/mol. The van der Waals surface area contributed by atoms with Crippen LogP contribution in [0.3, 0.4) is 0 Å². The Kier molecular flexibility index (Phi) is 4.50. The second-order valence-corrected chi connectivity index (χ2v) is 7.81. The fourth-order valence-electron chi connectivity index (χ4n) is 2.63. The molecule has 2 aromatic carbocycles. The van der Waals surface area contributed by atoms with Crippen LogP contribution in [0.1, 0.15) is 6.42 Å². The van der Waals surface area contributed by atoms with Gasteiger partial charge in [0.25, 0.3) is 0 Å². The molecule has 0 spiro atoms. The van der Waals surface area contributed by atoms with Gasteiger partial charge in [0.05, 0.1) is 5.69 Å². The Balaban J connectivity index is 2.04. The molecule has 1 aliphatic heterocycles. The molecule has 6 heteroatoms. The Morgan fingerprint density at radius 3 is 2.39 bits per heavy atom. The third kappa shape index (κ3) is 3.16. The highest BCUT2D eigenvalue weighted by molar-refractivity contribution is 8.26. The maximum absolute atomic E-state index is 10.9. The fraction of sp³-hybridized carbons (Fsp3) is 0.294. The molecule has 3 rings (SSSR count). The summed E-state index contributed by atoms with van der Waals surface area (Å²) in [6.45, 7) is 0.714. The van der Waals surface area contributed by atoms with Crippen molar-refractivity contribution in [2.45, 2.75) is 11.9 Å². The molecule has 124 valence electrons. The Morgan fingerprint density at radius 1 is 1.04 bits per heavy atom. The number of hydrogen-bond acceptors (Lipinski definition) is 5. The van der Waals surface area contributed by atoms with Crippen LogP contribution in [0.15, 0.2) is 54.6 Å². The van der Waals surface area contributed by atoms with Crippen LogP contribution in [-0.4, -0.2) is 40.1 Å². The zero-order valence-electron chi connectivity index (χ0n) is 13.3. The quantitative estimate of drug-likeness (QED) is 0.879. The molecule has 1 atom stereocenters. The molecule has 0 saturated carbocycles. The molecular formula is C17H22N2O3S. The highest BCUT2D eigenvalue weighted by Gasteiger charge is 2.40. The molecule has 0 aliphatic carbocycles. The molecule has 0 aromatic heterocycles. The van der Waals surface area contributed by atoms with E-state index in [1.54, 1.807) is 4.31 Å². The minimum atomic E-state index is -3.14. The number of ether oxygens (including phenoxy) is 1. The number of para-hydroxylation sites is 3. The lowest BCUT2D eigenvalue weighted by atomic mass is 10.2. The lowest BCUT2D eigenvalue weighted by Gasteiger charge is -2.52. The topological polar surface area (TPSA) is 56.2 Å². The van der Waals surface area contributed by atoms with Crippen LogP contribution < -0.4 is 9.04 Å². The molecule has 0 saturated heterocycles. The molecule has 1 aliphatic rings. The van der Waals surface area contributed by atoms with Gasteiger partial charge in [0.2, 0.25) is 5.44 Å². The Labute approximate surface area is 138 Å². The van der Waals surface area contributed by atoms with Crippen molar-refractivity contribution in [2.24, 2.45) is 0 Å². The van der Waals surface area contributed by atoms with Gasteiger partial charge in [-0.05, 0) is 38.4 Å². The van der Waals surface area contributed by atoms with Gasteiger partial charge in [-0.25, -0.2) is 4.31 Å². The smallest absolute Gasteiger partial charge is 0.207 e. The van der Waals surface area contributed by atoms with Crippen molar-refractivity contribution >= 4 is 22.2 Å². The monoisotopic (exact) mass is 334 g/mol. The van der Waals surface area contributed by atoms with Crippen LogP contribution in [-0.2, 0) is 0 Å². The van der Waals surface area contributed by atoms with Crippen LogP contribution >= 0.6 is 10.8 Å². The minimum Gasteiger partial charge on any atom is -0.466 e. The van der Waals surface area contributed by atoms with Gasteiger partial charge in [-0.3, -0.25) is 9.11 Å². The van der Waals surface area contributed by atoms with Crippen LogP contribution in [0.5, 0.6) is 5.75 Å². The van der Waals surface area contributed by atoms with Crippen LogP contribution in [0, 0.1) is 0 Å². The first-order valence-corrected chi connectivity index (χ1v) is 9.09. The predicted molar refractivity (Wildman–Crippen MR) is 95.5 cm³/mol. The van der Waals surface area contributed by atoms with Gasteiger partial charge in [-0.15, -0.1) is 0 Å². The van der Waals surface area contributed by atoms with Gasteiger partial charge in [0.15, 0.2) is 0 Å². The summed E-state index contributed by atoms with van der Waals surface area (Å²) in [4.78, 5) is 2.01. The fourth-order valence-corrected chi connectivity index (χ4v) is 4.39. The first-order chi connectivity index (χ1) is 11.0. The molecule has 0 fully saturated rings. The van der Waals surface area contributed by atoms with Crippen LogP contribution in [0.25, 0.3) is 0 Å². The van der Waals surface area contributed by atoms with Gasteiger partial charge >= 0.3 is 0 Å². The summed E-state index contributed by atoms with van der Waals surface area (Å²) < 4.78 is 29.4. The van der Waals surface area contributed by atoms with E-state index in [0.717, 1.165) is 5.69 Å². The highest BCUT2D eigenvalue weighted by Crippen LogP contribution is 2.61. The zero-order valence-corrected chi connectivity index (χ0v) is 14.1. The summed E-state index contributed by atoms with van der Waals surface area (Å²) in [7, 11) is 0.770. The van der Waals surface area contributed by atoms with E-state index in [2.05, 4.69) is 0 Å². The van der Waals surface area contributed by atoms with E-state index in [4.69, 9.17) is 4.74 Å². The highest BCUT2D eigenvalue weighted by atomic mass is 32.3. The third-order valence-corrected chi connectivity index (χ3v) is 5.75. The van der Waals surface area contributed by atoms with E-state index in [0.29, 0.717) is 24.4 Å². The molecule has 23 heavy (non-hydrogen) atoms. The SMILES string of the molecule is CN(C)CCC1Oc2ccccc2N(c2ccccc2)S1(O)O. The van der Waals surface area contributed by atoms with E-state index >= 15 is 0 Å². The van der Waals surface area contributed by atoms with E-state index in [-0.39, 0.29) is 0 Å². The first-order valence-electron chi connectivity index (χ1n) is 7.53.